The molecule has 2 heterocycles. The van der Waals surface area contributed by atoms with E-state index < -0.39 is 22.8 Å². The van der Waals surface area contributed by atoms with Crippen molar-refractivity contribution >= 4 is 52.3 Å². The third kappa shape index (κ3) is 7.17. The molecule has 0 radical (unpaired) electrons. The van der Waals surface area contributed by atoms with Gasteiger partial charge in [0.25, 0.3) is 0 Å². The number of halogens is 4. The number of carbonyl (C=O) groups excluding carboxylic acids is 1. The molecule has 0 aliphatic heterocycles. The molecule has 0 fully saturated rings. The summed E-state index contributed by atoms with van der Waals surface area (Å²) in [6, 6.07) is 11.2. The van der Waals surface area contributed by atoms with Crippen molar-refractivity contribution in [1.82, 2.24) is 20.2 Å². The van der Waals surface area contributed by atoms with E-state index in [4.69, 9.17) is 11.6 Å². The fourth-order valence-corrected chi connectivity index (χ4v) is 3.86. The highest BCUT2D eigenvalue weighted by molar-refractivity contribution is 6.31. The Kier molecular flexibility index (Phi) is 7.95. The number of anilines is 6. The Morgan fingerprint density at radius 2 is 1.62 bits per heavy atom. The van der Waals surface area contributed by atoms with Crippen molar-refractivity contribution in [2.45, 2.75) is 39.8 Å². The molecule has 2 aromatic heterocycles. The molecule has 0 saturated carbocycles. The molecule has 0 aliphatic rings. The van der Waals surface area contributed by atoms with Crippen LogP contribution in [0.5, 0.6) is 0 Å². The maximum atomic E-state index is 13.1. The van der Waals surface area contributed by atoms with Crippen LogP contribution in [0.4, 0.5) is 52.6 Å². The maximum Gasteiger partial charge on any atom is 0.417 e. The number of hydrogen-bond donors (Lipinski definition) is 5. The fraction of sp³-hybridized carbons (Fsp3) is 0.231. The topological polar surface area (TPSA) is 120 Å². The summed E-state index contributed by atoms with van der Waals surface area (Å²) in [6.07, 6.45) is -4.64. The molecule has 4 rings (SSSR count). The smallest absolute Gasteiger partial charge is 0.324 e. The minimum Gasteiger partial charge on any atom is -0.324 e. The summed E-state index contributed by atoms with van der Waals surface area (Å²) in [5, 5.41) is 18.1. The van der Waals surface area contributed by atoms with Crippen LogP contribution >= 0.6 is 11.6 Å². The second-order valence-electron chi connectivity index (χ2n) is 9.13. The highest BCUT2D eigenvalue weighted by atomic mass is 35.5. The van der Waals surface area contributed by atoms with Gasteiger partial charge in [0.15, 0.2) is 5.82 Å². The van der Waals surface area contributed by atoms with Crippen molar-refractivity contribution in [2.75, 3.05) is 21.3 Å². The van der Waals surface area contributed by atoms with Gasteiger partial charge in [-0.05, 0) is 61.7 Å². The van der Waals surface area contributed by atoms with Crippen LogP contribution in [0.25, 0.3) is 0 Å². The third-order valence-electron chi connectivity index (χ3n) is 5.59. The van der Waals surface area contributed by atoms with Crippen LogP contribution in [0.3, 0.4) is 0 Å². The number of alkyl halides is 3. The monoisotopic (exact) mass is 558 g/mol. The molecule has 2 aromatic carbocycles. The summed E-state index contributed by atoms with van der Waals surface area (Å²) in [4.78, 5) is 21.3. The Bertz CT molecular complexity index is 1500. The number of aromatic amines is 1. The predicted molar refractivity (Wildman–Crippen MR) is 146 cm³/mol. The standard InChI is InChI=1S/C26H26ClF3N8O/c1-13(2)21-12-23(38-37-21)35-22-10-15(4)31-24(36-22)34-20-8-6-16(9-14(20)3)32-25(39)33-17-5-7-19(27)18(11-17)26(28,29)30/h5-13H,1-4H3,(H2,32,33,39)(H3,31,34,35,36,37,38). The number of urea groups is 1. The lowest BCUT2D eigenvalue weighted by Gasteiger charge is -2.14. The van der Waals surface area contributed by atoms with Crippen LogP contribution in [-0.4, -0.2) is 26.2 Å². The minimum atomic E-state index is -4.64. The first-order valence-corrected chi connectivity index (χ1v) is 12.3. The van der Waals surface area contributed by atoms with Crippen molar-refractivity contribution in [1.29, 1.82) is 0 Å². The Labute approximate surface area is 227 Å². The number of rotatable bonds is 7. The first kappa shape index (κ1) is 27.7. The van der Waals surface area contributed by atoms with Crippen molar-refractivity contribution in [3.63, 3.8) is 0 Å². The number of aryl methyl sites for hydroxylation is 2. The molecule has 0 saturated heterocycles. The summed E-state index contributed by atoms with van der Waals surface area (Å²) >= 11 is 5.63. The SMILES string of the molecule is Cc1cc(Nc2cc(C(C)C)[nH]n2)nc(Nc2ccc(NC(=O)Nc3ccc(Cl)c(C(F)(F)F)c3)cc2C)n1. The Hall–Kier alpha value is -4.32. The van der Waals surface area contributed by atoms with Crippen LogP contribution < -0.4 is 21.3 Å². The van der Waals surface area contributed by atoms with Crippen molar-refractivity contribution < 1.29 is 18.0 Å². The van der Waals surface area contributed by atoms with Crippen LogP contribution in [0.15, 0.2) is 48.5 Å². The van der Waals surface area contributed by atoms with Gasteiger partial charge in [-0.15, -0.1) is 0 Å². The van der Waals surface area contributed by atoms with Gasteiger partial charge in [-0.3, -0.25) is 5.10 Å². The molecule has 0 bridgehead atoms. The second-order valence-corrected chi connectivity index (χ2v) is 9.54. The molecule has 5 N–H and O–H groups in total. The van der Waals surface area contributed by atoms with E-state index in [0.717, 1.165) is 29.1 Å². The lowest BCUT2D eigenvalue weighted by atomic mass is 10.1. The molecule has 13 heteroatoms. The van der Waals surface area contributed by atoms with E-state index in [0.29, 0.717) is 34.9 Å². The zero-order chi connectivity index (χ0) is 28.3. The van der Waals surface area contributed by atoms with Gasteiger partial charge in [-0.25, -0.2) is 9.78 Å². The van der Waals surface area contributed by atoms with E-state index in [1.54, 1.807) is 24.3 Å². The van der Waals surface area contributed by atoms with E-state index in [2.05, 4.69) is 55.3 Å². The molecule has 0 atom stereocenters. The molecular weight excluding hydrogens is 533 g/mol. The van der Waals surface area contributed by atoms with Gasteiger partial charge in [0.1, 0.15) is 5.82 Å². The van der Waals surface area contributed by atoms with Gasteiger partial charge in [0.05, 0.1) is 10.6 Å². The van der Waals surface area contributed by atoms with Gasteiger partial charge >= 0.3 is 12.2 Å². The van der Waals surface area contributed by atoms with E-state index in [1.165, 1.54) is 6.07 Å². The van der Waals surface area contributed by atoms with E-state index in [9.17, 15) is 18.0 Å². The highest BCUT2D eigenvalue weighted by Gasteiger charge is 2.33. The minimum absolute atomic E-state index is 0.0458. The molecule has 0 spiro atoms. The predicted octanol–water partition coefficient (Wildman–Crippen LogP) is 7.74. The first-order chi connectivity index (χ1) is 18.4. The lowest BCUT2D eigenvalue weighted by Crippen LogP contribution is -2.20. The average molecular weight is 559 g/mol. The van der Waals surface area contributed by atoms with Crippen LogP contribution in [0.2, 0.25) is 5.02 Å². The highest BCUT2D eigenvalue weighted by Crippen LogP contribution is 2.36. The van der Waals surface area contributed by atoms with Crippen molar-refractivity contribution in [3.8, 4) is 0 Å². The number of carbonyl (C=O) groups is 1. The molecule has 2 amide bonds. The number of H-pyrrole nitrogens is 1. The zero-order valence-electron chi connectivity index (χ0n) is 21.5. The van der Waals surface area contributed by atoms with Crippen LogP contribution in [-0.2, 0) is 6.18 Å². The van der Waals surface area contributed by atoms with Gasteiger partial charge in [-0.1, -0.05) is 25.4 Å². The summed E-state index contributed by atoms with van der Waals surface area (Å²) in [5.74, 6) is 1.88. The van der Waals surface area contributed by atoms with Gasteiger partial charge in [0, 0.05) is 40.6 Å². The summed E-state index contributed by atoms with van der Waals surface area (Å²) < 4.78 is 39.3. The Morgan fingerprint density at radius 3 is 2.26 bits per heavy atom. The van der Waals surface area contributed by atoms with Gasteiger partial charge < -0.3 is 21.3 Å². The summed E-state index contributed by atoms with van der Waals surface area (Å²) in [6.45, 7) is 7.80. The van der Waals surface area contributed by atoms with Gasteiger partial charge in [0.2, 0.25) is 5.95 Å². The third-order valence-corrected chi connectivity index (χ3v) is 5.92. The lowest BCUT2D eigenvalue weighted by molar-refractivity contribution is -0.137. The number of nitrogens with zero attached hydrogens (tertiary/aromatic N) is 3. The molecular formula is C26H26ClF3N8O. The van der Waals surface area contributed by atoms with Gasteiger partial charge in [-0.2, -0.15) is 23.3 Å². The fourth-order valence-electron chi connectivity index (χ4n) is 3.63. The molecule has 0 unspecified atom stereocenters. The number of amides is 2. The number of nitrogens with one attached hydrogen (secondary N) is 5. The molecule has 0 aliphatic carbocycles. The Morgan fingerprint density at radius 1 is 0.923 bits per heavy atom. The summed E-state index contributed by atoms with van der Waals surface area (Å²) in [7, 11) is 0. The molecule has 9 nitrogen and oxygen atoms in total. The molecule has 204 valence electrons. The largest absolute Gasteiger partial charge is 0.417 e. The van der Waals surface area contributed by atoms with Crippen molar-refractivity contribution in [3.05, 3.63) is 76.1 Å². The average Bonchev–Trinajstić information content (AvgIpc) is 3.30. The first-order valence-electron chi connectivity index (χ1n) is 11.9. The Balaban J connectivity index is 1.42. The second kappa shape index (κ2) is 11.2. The van der Waals surface area contributed by atoms with Crippen molar-refractivity contribution in [2.24, 2.45) is 0 Å². The van der Waals surface area contributed by atoms with E-state index in [-0.39, 0.29) is 5.69 Å². The molecule has 4 aromatic rings. The molecule has 39 heavy (non-hydrogen) atoms. The van der Waals surface area contributed by atoms with Crippen LogP contribution in [0.1, 0.15) is 42.3 Å². The van der Waals surface area contributed by atoms with E-state index >= 15 is 0 Å². The van der Waals surface area contributed by atoms with Crippen LogP contribution in [0, 0.1) is 13.8 Å². The quantitative estimate of drug-likeness (QED) is 0.158. The zero-order valence-corrected chi connectivity index (χ0v) is 22.2. The summed E-state index contributed by atoms with van der Waals surface area (Å²) in [5.41, 5.74) is 2.56. The number of benzene rings is 2. The van der Waals surface area contributed by atoms with E-state index in [1.807, 2.05) is 19.9 Å². The number of hydrogen-bond acceptors (Lipinski definition) is 6. The normalized spacial score (nSPS) is 11.4. The maximum absolute atomic E-state index is 13.1. The number of aromatic nitrogens is 4.